The summed E-state index contributed by atoms with van der Waals surface area (Å²) < 4.78 is 14.1. The predicted molar refractivity (Wildman–Crippen MR) is 72.0 cm³/mol. The minimum absolute atomic E-state index is 0.114. The Kier molecular flexibility index (Phi) is 3.74. The molecule has 20 heavy (non-hydrogen) atoms. The van der Waals surface area contributed by atoms with E-state index in [1.807, 2.05) is 13.8 Å². The maximum atomic E-state index is 14.1. The molecule has 2 rings (SSSR count). The first-order chi connectivity index (χ1) is 9.31. The Hall–Kier alpha value is -1.98. The van der Waals surface area contributed by atoms with Gasteiger partial charge in [0.25, 0.3) is 11.6 Å². The zero-order valence-electron chi connectivity index (χ0n) is 11.7. The molecule has 0 radical (unpaired) electrons. The lowest BCUT2D eigenvalue weighted by molar-refractivity contribution is -0.385. The molecule has 1 aliphatic heterocycles. The molecule has 0 N–H and O–H groups in total. The van der Waals surface area contributed by atoms with E-state index in [1.54, 1.807) is 4.90 Å². The van der Waals surface area contributed by atoms with Crippen molar-refractivity contribution in [1.29, 1.82) is 0 Å². The van der Waals surface area contributed by atoms with Crippen LogP contribution in [0.25, 0.3) is 0 Å². The molecule has 6 heteroatoms. The lowest BCUT2D eigenvalue weighted by atomic mass is 10.0. The Morgan fingerprint density at radius 3 is 2.40 bits per heavy atom. The van der Waals surface area contributed by atoms with Crippen molar-refractivity contribution in [2.45, 2.75) is 20.8 Å². The zero-order valence-corrected chi connectivity index (χ0v) is 11.7. The Morgan fingerprint density at radius 1 is 1.35 bits per heavy atom. The number of nitro groups is 1. The fourth-order valence-electron chi connectivity index (χ4n) is 2.48. The van der Waals surface area contributed by atoms with Gasteiger partial charge in [-0.2, -0.15) is 0 Å². The average Bonchev–Trinajstić information content (AvgIpc) is 2.71. The number of non-ortho nitro benzene ring substituents is 1. The number of rotatable bonds is 2. The van der Waals surface area contributed by atoms with E-state index in [-0.39, 0.29) is 16.8 Å². The third-order valence-electron chi connectivity index (χ3n) is 3.96. The normalized spacial score (nSPS) is 22.1. The van der Waals surface area contributed by atoms with Gasteiger partial charge in [-0.15, -0.1) is 0 Å². The first-order valence-electron chi connectivity index (χ1n) is 6.55. The number of aryl methyl sites for hydroxylation is 1. The van der Waals surface area contributed by atoms with Gasteiger partial charge < -0.3 is 4.90 Å². The minimum Gasteiger partial charge on any atom is -0.338 e. The van der Waals surface area contributed by atoms with Crippen LogP contribution in [0.4, 0.5) is 10.1 Å². The predicted octanol–water partition coefficient (Wildman–Crippen LogP) is 2.77. The van der Waals surface area contributed by atoms with E-state index in [4.69, 9.17) is 0 Å². The van der Waals surface area contributed by atoms with Crippen molar-refractivity contribution in [2.75, 3.05) is 13.1 Å². The standard InChI is InChI=1S/C14H17FN2O3/c1-8-4-11(17(19)20)5-12(13(8)15)14(18)16-6-9(2)10(3)7-16/h4-5,9-10H,6-7H2,1-3H3. The lowest BCUT2D eigenvalue weighted by Crippen LogP contribution is -2.29. The summed E-state index contributed by atoms with van der Waals surface area (Å²) in [6.07, 6.45) is 0. The fourth-order valence-corrected chi connectivity index (χ4v) is 2.48. The van der Waals surface area contributed by atoms with E-state index in [1.165, 1.54) is 6.92 Å². The van der Waals surface area contributed by atoms with Crippen molar-refractivity contribution in [3.05, 3.63) is 39.2 Å². The summed E-state index contributed by atoms with van der Waals surface area (Å²) in [6.45, 7) is 6.61. The van der Waals surface area contributed by atoms with E-state index in [0.717, 1.165) is 12.1 Å². The van der Waals surface area contributed by atoms with Crippen molar-refractivity contribution in [3.63, 3.8) is 0 Å². The number of hydrogen-bond acceptors (Lipinski definition) is 3. The summed E-state index contributed by atoms with van der Waals surface area (Å²) in [5.74, 6) is -0.443. The average molecular weight is 280 g/mol. The van der Waals surface area contributed by atoms with Gasteiger partial charge in [0.2, 0.25) is 0 Å². The highest BCUT2D eigenvalue weighted by atomic mass is 19.1. The van der Waals surface area contributed by atoms with Gasteiger partial charge in [-0.1, -0.05) is 13.8 Å². The number of amides is 1. The molecule has 5 nitrogen and oxygen atoms in total. The molecular formula is C14H17FN2O3. The highest BCUT2D eigenvalue weighted by molar-refractivity contribution is 5.95. The van der Waals surface area contributed by atoms with E-state index < -0.39 is 16.6 Å². The summed E-state index contributed by atoms with van der Waals surface area (Å²) in [6, 6.07) is 2.17. The second-order valence-electron chi connectivity index (χ2n) is 5.55. The molecule has 1 fully saturated rings. The number of halogens is 1. The van der Waals surface area contributed by atoms with Crippen LogP contribution in [0.1, 0.15) is 29.8 Å². The molecule has 2 unspecified atom stereocenters. The topological polar surface area (TPSA) is 63.5 Å². The number of carbonyl (C=O) groups is 1. The van der Waals surface area contributed by atoms with Gasteiger partial charge in [-0.05, 0) is 24.3 Å². The van der Waals surface area contributed by atoms with Crippen LogP contribution < -0.4 is 0 Å². The maximum absolute atomic E-state index is 14.1. The van der Waals surface area contributed by atoms with Gasteiger partial charge in [-0.25, -0.2) is 4.39 Å². The molecule has 0 aromatic heterocycles. The Balaban J connectivity index is 2.37. The van der Waals surface area contributed by atoms with Crippen LogP contribution in [0.3, 0.4) is 0 Å². The zero-order chi connectivity index (χ0) is 15.0. The van der Waals surface area contributed by atoms with Gasteiger partial charge in [0.05, 0.1) is 10.5 Å². The summed E-state index contributed by atoms with van der Waals surface area (Å²) in [4.78, 5) is 24.1. The number of nitrogens with zero attached hydrogens (tertiary/aromatic N) is 2. The Morgan fingerprint density at radius 2 is 1.90 bits per heavy atom. The Labute approximate surface area is 116 Å². The third-order valence-corrected chi connectivity index (χ3v) is 3.96. The van der Waals surface area contributed by atoms with Crippen molar-refractivity contribution in [3.8, 4) is 0 Å². The molecule has 1 amide bonds. The number of hydrogen-bond donors (Lipinski definition) is 0. The van der Waals surface area contributed by atoms with Gasteiger partial charge in [0.15, 0.2) is 0 Å². The Bertz CT molecular complexity index is 564. The van der Waals surface area contributed by atoms with E-state index in [0.29, 0.717) is 24.9 Å². The summed E-state index contributed by atoms with van der Waals surface area (Å²) in [5, 5.41) is 10.8. The molecule has 1 heterocycles. The molecule has 1 saturated heterocycles. The molecular weight excluding hydrogens is 263 g/mol. The molecule has 2 atom stereocenters. The van der Waals surface area contributed by atoms with Crippen LogP contribution >= 0.6 is 0 Å². The fraction of sp³-hybridized carbons (Fsp3) is 0.500. The van der Waals surface area contributed by atoms with Gasteiger partial charge in [-0.3, -0.25) is 14.9 Å². The monoisotopic (exact) mass is 280 g/mol. The van der Waals surface area contributed by atoms with Gasteiger partial charge in [0, 0.05) is 25.2 Å². The van der Waals surface area contributed by atoms with Crippen LogP contribution in [-0.2, 0) is 0 Å². The number of benzene rings is 1. The van der Waals surface area contributed by atoms with Crippen molar-refractivity contribution in [1.82, 2.24) is 4.90 Å². The SMILES string of the molecule is Cc1cc([N+](=O)[O-])cc(C(=O)N2CC(C)C(C)C2)c1F. The minimum atomic E-state index is -0.673. The quantitative estimate of drug-likeness (QED) is 0.618. The summed E-state index contributed by atoms with van der Waals surface area (Å²) in [7, 11) is 0. The van der Waals surface area contributed by atoms with Crippen LogP contribution in [0.5, 0.6) is 0 Å². The second-order valence-corrected chi connectivity index (χ2v) is 5.55. The number of carbonyl (C=O) groups excluding carboxylic acids is 1. The molecule has 1 aliphatic rings. The molecule has 108 valence electrons. The molecule has 0 spiro atoms. The third kappa shape index (κ3) is 2.50. The molecule has 1 aromatic rings. The highest BCUT2D eigenvalue weighted by Crippen LogP contribution is 2.27. The van der Waals surface area contributed by atoms with Crippen molar-refractivity contribution in [2.24, 2.45) is 11.8 Å². The smallest absolute Gasteiger partial charge is 0.270 e. The number of likely N-dealkylation sites (tertiary alicyclic amines) is 1. The number of nitro benzene ring substituents is 1. The van der Waals surface area contributed by atoms with Crippen LogP contribution in [0.2, 0.25) is 0 Å². The van der Waals surface area contributed by atoms with Gasteiger partial charge in [0.1, 0.15) is 5.82 Å². The highest BCUT2D eigenvalue weighted by Gasteiger charge is 2.32. The van der Waals surface area contributed by atoms with E-state index >= 15 is 0 Å². The van der Waals surface area contributed by atoms with Crippen LogP contribution in [0, 0.1) is 34.7 Å². The van der Waals surface area contributed by atoms with E-state index in [2.05, 4.69) is 0 Å². The first-order valence-corrected chi connectivity index (χ1v) is 6.55. The first kappa shape index (κ1) is 14.4. The van der Waals surface area contributed by atoms with Crippen molar-refractivity contribution < 1.29 is 14.1 Å². The second kappa shape index (κ2) is 5.19. The van der Waals surface area contributed by atoms with Crippen molar-refractivity contribution >= 4 is 11.6 Å². The van der Waals surface area contributed by atoms with Gasteiger partial charge >= 0.3 is 0 Å². The molecule has 0 bridgehead atoms. The molecule has 1 aromatic carbocycles. The van der Waals surface area contributed by atoms with Crippen LogP contribution in [0.15, 0.2) is 12.1 Å². The maximum Gasteiger partial charge on any atom is 0.270 e. The van der Waals surface area contributed by atoms with E-state index in [9.17, 15) is 19.3 Å². The summed E-state index contributed by atoms with van der Waals surface area (Å²) >= 11 is 0. The summed E-state index contributed by atoms with van der Waals surface area (Å²) in [5.41, 5.74) is -0.353. The van der Waals surface area contributed by atoms with Crippen LogP contribution in [-0.4, -0.2) is 28.8 Å². The molecule has 0 saturated carbocycles. The largest absolute Gasteiger partial charge is 0.338 e. The molecule has 0 aliphatic carbocycles. The lowest BCUT2D eigenvalue weighted by Gasteiger charge is -2.17.